The van der Waals surface area contributed by atoms with Gasteiger partial charge in [-0.2, -0.15) is 11.3 Å². The van der Waals surface area contributed by atoms with Crippen molar-refractivity contribution < 1.29 is 0 Å². The van der Waals surface area contributed by atoms with Crippen LogP contribution in [-0.4, -0.2) is 13.1 Å². The summed E-state index contributed by atoms with van der Waals surface area (Å²) in [6.07, 6.45) is 0. The van der Waals surface area contributed by atoms with E-state index in [1.807, 2.05) is 0 Å². The molecule has 0 aliphatic rings. The van der Waals surface area contributed by atoms with E-state index in [1.165, 1.54) is 5.69 Å². The lowest BCUT2D eigenvalue weighted by atomic mass is 9.96. The van der Waals surface area contributed by atoms with E-state index in [2.05, 4.69) is 36.0 Å². The summed E-state index contributed by atoms with van der Waals surface area (Å²) in [4.78, 5) is 0. The minimum atomic E-state index is 0.569. The summed E-state index contributed by atoms with van der Waals surface area (Å²) in [6, 6.07) is 2.10. The molecule has 13 heavy (non-hydrogen) atoms. The summed E-state index contributed by atoms with van der Waals surface area (Å²) in [5.74, 6) is 1.22. The molecule has 3 heteroatoms. The second kappa shape index (κ2) is 5.25. The van der Waals surface area contributed by atoms with Crippen molar-refractivity contribution in [2.45, 2.75) is 13.8 Å². The summed E-state index contributed by atoms with van der Waals surface area (Å²) in [6.45, 7) is 6.17. The van der Waals surface area contributed by atoms with Gasteiger partial charge in [-0.3, -0.25) is 0 Å². The van der Waals surface area contributed by atoms with Crippen LogP contribution in [0.3, 0.4) is 0 Å². The molecule has 1 aromatic rings. The first-order valence-corrected chi connectivity index (χ1v) is 5.64. The zero-order chi connectivity index (χ0) is 9.68. The topological polar surface area (TPSA) is 38.0 Å². The Morgan fingerprint density at radius 1 is 1.54 bits per heavy atom. The maximum Gasteiger partial charge on any atom is 0.0448 e. The highest BCUT2D eigenvalue weighted by atomic mass is 32.1. The second-order valence-electron chi connectivity index (χ2n) is 3.63. The van der Waals surface area contributed by atoms with Crippen molar-refractivity contribution in [2.75, 3.05) is 18.4 Å². The number of thiophene rings is 1. The van der Waals surface area contributed by atoms with E-state index in [4.69, 9.17) is 5.73 Å². The smallest absolute Gasteiger partial charge is 0.0448 e. The molecule has 74 valence electrons. The Bertz CT molecular complexity index is 219. The molecule has 0 aliphatic heterocycles. The Morgan fingerprint density at radius 3 is 2.77 bits per heavy atom. The molecule has 1 atom stereocenters. The van der Waals surface area contributed by atoms with Crippen LogP contribution in [0.2, 0.25) is 0 Å². The standard InChI is InChI=1S/C10H18N2S/c1-8(2)9(5-11)6-12-10-3-4-13-7-10/h3-4,7-9,12H,5-6,11H2,1-2H3. The van der Waals surface area contributed by atoms with E-state index in [-0.39, 0.29) is 0 Å². The lowest BCUT2D eigenvalue weighted by Gasteiger charge is -2.19. The summed E-state index contributed by atoms with van der Waals surface area (Å²) >= 11 is 1.71. The molecule has 3 N–H and O–H groups in total. The van der Waals surface area contributed by atoms with Crippen molar-refractivity contribution in [3.8, 4) is 0 Å². The van der Waals surface area contributed by atoms with Gasteiger partial charge in [-0.05, 0) is 29.8 Å². The van der Waals surface area contributed by atoms with Crippen LogP contribution in [0.4, 0.5) is 5.69 Å². The van der Waals surface area contributed by atoms with Gasteiger partial charge in [-0.15, -0.1) is 0 Å². The molecule has 1 heterocycles. The average molecular weight is 198 g/mol. The van der Waals surface area contributed by atoms with Crippen molar-refractivity contribution in [1.82, 2.24) is 0 Å². The third-order valence-electron chi connectivity index (χ3n) is 2.34. The molecule has 0 aromatic carbocycles. The van der Waals surface area contributed by atoms with Gasteiger partial charge in [0.2, 0.25) is 0 Å². The predicted octanol–water partition coefficient (Wildman–Crippen LogP) is 2.39. The monoisotopic (exact) mass is 198 g/mol. The summed E-state index contributed by atoms with van der Waals surface area (Å²) in [5.41, 5.74) is 6.89. The largest absolute Gasteiger partial charge is 0.384 e. The maximum absolute atomic E-state index is 5.68. The number of nitrogens with two attached hydrogens (primary N) is 1. The van der Waals surface area contributed by atoms with Gasteiger partial charge in [-0.1, -0.05) is 13.8 Å². The van der Waals surface area contributed by atoms with E-state index in [9.17, 15) is 0 Å². The molecular weight excluding hydrogens is 180 g/mol. The van der Waals surface area contributed by atoms with Crippen molar-refractivity contribution >= 4 is 17.0 Å². The van der Waals surface area contributed by atoms with Crippen molar-refractivity contribution in [3.63, 3.8) is 0 Å². The molecule has 2 nitrogen and oxygen atoms in total. The van der Waals surface area contributed by atoms with Crippen LogP contribution in [-0.2, 0) is 0 Å². The summed E-state index contributed by atoms with van der Waals surface area (Å²) in [5, 5.41) is 7.58. The molecule has 0 spiro atoms. The van der Waals surface area contributed by atoms with Gasteiger partial charge in [0, 0.05) is 17.6 Å². The van der Waals surface area contributed by atoms with E-state index in [0.29, 0.717) is 11.8 Å². The molecule has 0 radical (unpaired) electrons. The lowest BCUT2D eigenvalue weighted by molar-refractivity contribution is 0.413. The highest BCUT2D eigenvalue weighted by Crippen LogP contribution is 2.14. The first-order chi connectivity index (χ1) is 6.24. The number of hydrogen-bond acceptors (Lipinski definition) is 3. The summed E-state index contributed by atoms with van der Waals surface area (Å²) in [7, 11) is 0. The number of rotatable bonds is 5. The third kappa shape index (κ3) is 3.36. The van der Waals surface area contributed by atoms with Crippen LogP contribution >= 0.6 is 11.3 Å². The highest BCUT2D eigenvalue weighted by Gasteiger charge is 2.10. The van der Waals surface area contributed by atoms with Gasteiger partial charge < -0.3 is 11.1 Å². The van der Waals surface area contributed by atoms with Gasteiger partial charge in [-0.25, -0.2) is 0 Å². The number of hydrogen-bond donors (Lipinski definition) is 2. The molecule has 0 aliphatic carbocycles. The minimum Gasteiger partial charge on any atom is -0.384 e. The molecular formula is C10H18N2S. The Kier molecular flexibility index (Phi) is 4.25. The number of nitrogens with one attached hydrogen (secondary N) is 1. The Morgan fingerprint density at radius 2 is 2.31 bits per heavy atom. The van der Waals surface area contributed by atoms with Crippen molar-refractivity contribution in [1.29, 1.82) is 0 Å². The van der Waals surface area contributed by atoms with Gasteiger partial charge in [0.05, 0.1) is 0 Å². The lowest BCUT2D eigenvalue weighted by Crippen LogP contribution is -2.27. The van der Waals surface area contributed by atoms with Gasteiger partial charge in [0.15, 0.2) is 0 Å². The third-order valence-corrected chi connectivity index (χ3v) is 3.02. The van der Waals surface area contributed by atoms with Crippen LogP contribution in [0.15, 0.2) is 16.8 Å². The number of anilines is 1. The molecule has 1 rings (SSSR count). The van der Waals surface area contributed by atoms with Crippen LogP contribution in [0.5, 0.6) is 0 Å². The zero-order valence-corrected chi connectivity index (χ0v) is 9.10. The quantitative estimate of drug-likeness (QED) is 0.762. The average Bonchev–Trinajstić information content (AvgIpc) is 2.57. The van der Waals surface area contributed by atoms with Gasteiger partial charge >= 0.3 is 0 Å². The molecule has 1 unspecified atom stereocenters. The van der Waals surface area contributed by atoms with Crippen LogP contribution in [0.1, 0.15) is 13.8 Å². The van der Waals surface area contributed by atoms with Gasteiger partial charge in [0.1, 0.15) is 0 Å². The molecule has 0 saturated heterocycles. The fourth-order valence-corrected chi connectivity index (χ4v) is 1.82. The molecule has 0 fully saturated rings. The molecule has 0 bridgehead atoms. The highest BCUT2D eigenvalue weighted by molar-refractivity contribution is 7.08. The van der Waals surface area contributed by atoms with Crippen molar-refractivity contribution in [2.24, 2.45) is 17.6 Å². The molecule has 1 aromatic heterocycles. The second-order valence-corrected chi connectivity index (χ2v) is 4.41. The minimum absolute atomic E-state index is 0.569. The molecule has 0 saturated carbocycles. The Labute approximate surface area is 84.2 Å². The van der Waals surface area contributed by atoms with Crippen LogP contribution in [0, 0.1) is 11.8 Å². The fraction of sp³-hybridized carbons (Fsp3) is 0.600. The van der Waals surface area contributed by atoms with E-state index in [1.54, 1.807) is 11.3 Å². The van der Waals surface area contributed by atoms with E-state index in [0.717, 1.165) is 13.1 Å². The maximum atomic E-state index is 5.68. The van der Waals surface area contributed by atoms with Crippen LogP contribution < -0.4 is 11.1 Å². The zero-order valence-electron chi connectivity index (χ0n) is 8.29. The Hall–Kier alpha value is -0.540. The Balaban J connectivity index is 2.32. The van der Waals surface area contributed by atoms with E-state index < -0.39 is 0 Å². The first kappa shape index (κ1) is 10.5. The summed E-state index contributed by atoms with van der Waals surface area (Å²) < 4.78 is 0. The predicted molar refractivity (Wildman–Crippen MR) is 60.2 cm³/mol. The van der Waals surface area contributed by atoms with Gasteiger partial charge in [0.25, 0.3) is 0 Å². The van der Waals surface area contributed by atoms with E-state index >= 15 is 0 Å². The molecule has 0 amide bonds. The fourth-order valence-electron chi connectivity index (χ4n) is 1.21. The first-order valence-electron chi connectivity index (χ1n) is 4.70. The SMILES string of the molecule is CC(C)C(CN)CNc1ccsc1. The van der Waals surface area contributed by atoms with Crippen LogP contribution in [0.25, 0.3) is 0 Å². The van der Waals surface area contributed by atoms with Crippen molar-refractivity contribution in [3.05, 3.63) is 16.8 Å². The normalized spacial score (nSPS) is 13.2.